The molecule has 3 aromatic carbocycles. The van der Waals surface area contributed by atoms with Crippen LogP contribution in [0.5, 0.6) is 5.75 Å². The molecule has 0 atom stereocenters. The van der Waals surface area contributed by atoms with Crippen molar-refractivity contribution < 1.29 is 22.0 Å². The van der Waals surface area contributed by atoms with Crippen LogP contribution in [0.4, 0.5) is 10.3 Å². The Labute approximate surface area is 192 Å². The number of nitrogens with one attached hydrogen (secondary N) is 1. The first-order valence-electron chi connectivity index (χ1n) is 10.3. The molecule has 33 heavy (non-hydrogen) atoms. The average molecular weight is 467 g/mol. The van der Waals surface area contributed by atoms with Gasteiger partial charge in [0, 0.05) is 12.1 Å². The highest BCUT2D eigenvalue weighted by atomic mass is 32.2. The summed E-state index contributed by atoms with van der Waals surface area (Å²) in [6, 6.07) is 19.7. The number of aryl methyl sites for hydroxylation is 1. The maximum atomic E-state index is 13.3. The zero-order valence-corrected chi connectivity index (χ0v) is 19.0. The number of ether oxygens (including phenoxy) is 1. The van der Waals surface area contributed by atoms with Gasteiger partial charge in [-0.2, -0.15) is 4.98 Å². The van der Waals surface area contributed by atoms with E-state index in [1.165, 1.54) is 12.1 Å². The van der Waals surface area contributed by atoms with E-state index in [0.717, 1.165) is 29.0 Å². The topological polar surface area (TPSA) is 81.4 Å². The molecule has 0 aliphatic heterocycles. The first-order valence-corrected chi connectivity index (χ1v) is 11.8. The molecule has 4 rings (SSSR count). The van der Waals surface area contributed by atoms with Gasteiger partial charge >= 0.3 is 0 Å². The number of benzene rings is 3. The van der Waals surface area contributed by atoms with E-state index in [9.17, 15) is 12.8 Å². The van der Waals surface area contributed by atoms with Crippen molar-refractivity contribution in [2.24, 2.45) is 0 Å². The number of hydrogen-bond acceptors (Lipinski definition) is 6. The first kappa shape index (κ1) is 22.5. The Hall–Kier alpha value is -3.65. The Morgan fingerprint density at radius 1 is 1.03 bits per heavy atom. The summed E-state index contributed by atoms with van der Waals surface area (Å²) in [5.41, 5.74) is 2.70. The smallest absolute Gasteiger partial charge is 0.233 e. The van der Waals surface area contributed by atoms with E-state index >= 15 is 0 Å². The summed E-state index contributed by atoms with van der Waals surface area (Å²) in [5.74, 6) is 0.473. The number of anilines is 1. The highest BCUT2D eigenvalue weighted by Crippen LogP contribution is 2.32. The van der Waals surface area contributed by atoms with Crippen molar-refractivity contribution in [3.8, 4) is 17.2 Å². The molecule has 0 fully saturated rings. The Morgan fingerprint density at radius 3 is 2.42 bits per heavy atom. The van der Waals surface area contributed by atoms with E-state index in [-0.39, 0.29) is 21.7 Å². The predicted octanol–water partition coefficient (Wildman–Crippen LogP) is 5.29. The van der Waals surface area contributed by atoms with Gasteiger partial charge in [0.2, 0.25) is 26.6 Å². The average Bonchev–Trinajstić information content (AvgIpc) is 3.25. The fourth-order valence-electron chi connectivity index (χ4n) is 3.34. The van der Waals surface area contributed by atoms with E-state index in [1.54, 1.807) is 13.2 Å². The minimum absolute atomic E-state index is 0.0457. The molecule has 6 nitrogen and oxygen atoms in total. The van der Waals surface area contributed by atoms with Crippen LogP contribution in [0.15, 0.2) is 87.1 Å². The molecule has 0 saturated heterocycles. The number of sulfone groups is 1. The molecule has 1 N–H and O–H groups in total. The molecule has 0 saturated carbocycles. The third-order valence-corrected chi connectivity index (χ3v) is 6.78. The SMILES string of the molecule is COc1ccc(CCNc2oc(-c3cccc(C)c3)nc2S(=O)(=O)c2ccc(F)cc2)cc1. The summed E-state index contributed by atoms with van der Waals surface area (Å²) in [5, 5.41) is 2.83. The van der Waals surface area contributed by atoms with Crippen LogP contribution in [0.3, 0.4) is 0 Å². The third-order valence-electron chi connectivity index (χ3n) is 5.10. The van der Waals surface area contributed by atoms with Crippen LogP contribution in [0.2, 0.25) is 0 Å². The molecule has 0 aliphatic carbocycles. The van der Waals surface area contributed by atoms with Crippen LogP contribution >= 0.6 is 0 Å². The molecule has 4 aromatic rings. The summed E-state index contributed by atoms with van der Waals surface area (Å²) in [6.45, 7) is 2.34. The predicted molar refractivity (Wildman–Crippen MR) is 124 cm³/mol. The fourth-order valence-corrected chi connectivity index (χ4v) is 4.62. The van der Waals surface area contributed by atoms with E-state index in [2.05, 4.69) is 10.3 Å². The van der Waals surface area contributed by atoms with E-state index in [4.69, 9.17) is 9.15 Å². The maximum Gasteiger partial charge on any atom is 0.233 e. The van der Waals surface area contributed by atoms with Gasteiger partial charge in [-0.1, -0.05) is 29.8 Å². The van der Waals surface area contributed by atoms with E-state index < -0.39 is 15.7 Å². The summed E-state index contributed by atoms with van der Waals surface area (Å²) in [6.07, 6.45) is 0.626. The molecule has 0 unspecified atom stereocenters. The Kier molecular flexibility index (Phi) is 6.46. The number of aromatic nitrogens is 1. The van der Waals surface area contributed by atoms with E-state index in [0.29, 0.717) is 18.5 Å². The van der Waals surface area contributed by atoms with Gasteiger partial charge in [0.15, 0.2) is 0 Å². The normalized spacial score (nSPS) is 11.4. The lowest BCUT2D eigenvalue weighted by Gasteiger charge is -2.07. The standard InChI is InChI=1S/C25H23FN2O4S/c1-17-4-3-5-19(16-17)23-28-25(33(29,30)22-12-8-20(26)9-13-22)24(32-23)27-15-14-18-6-10-21(31-2)11-7-18/h3-13,16,27H,14-15H2,1-2H3. The van der Waals surface area contributed by atoms with Crippen LogP contribution < -0.4 is 10.1 Å². The maximum absolute atomic E-state index is 13.3. The summed E-state index contributed by atoms with van der Waals surface area (Å²) < 4.78 is 50.9. The molecular formula is C25H23FN2O4S. The van der Waals surface area contributed by atoms with Crippen LogP contribution in [-0.2, 0) is 16.3 Å². The van der Waals surface area contributed by atoms with Crippen LogP contribution in [0, 0.1) is 12.7 Å². The molecule has 0 bridgehead atoms. The molecular weight excluding hydrogens is 443 g/mol. The van der Waals surface area contributed by atoms with Gasteiger partial charge in [0.25, 0.3) is 0 Å². The Morgan fingerprint density at radius 2 is 1.76 bits per heavy atom. The minimum atomic E-state index is -4.04. The van der Waals surface area contributed by atoms with Gasteiger partial charge in [0.05, 0.1) is 12.0 Å². The van der Waals surface area contributed by atoms with Crippen molar-refractivity contribution in [2.75, 3.05) is 19.0 Å². The number of rotatable bonds is 8. The zero-order chi connectivity index (χ0) is 23.4. The van der Waals surface area contributed by atoms with Crippen molar-refractivity contribution in [2.45, 2.75) is 23.3 Å². The number of oxazole rings is 1. The highest BCUT2D eigenvalue weighted by molar-refractivity contribution is 7.91. The van der Waals surface area contributed by atoms with Gasteiger partial charge < -0.3 is 14.5 Å². The Balaban J connectivity index is 1.65. The molecule has 0 spiro atoms. The first-order chi connectivity index (χ1) is 15.9. The van der Waals surface area contributed by atoms with Gasteiger partial charge in [-0.15, -0.1) is 0 Å². The van der Waals surface area contributed by atoms with Gasteiger partial charge in [-0.25, -0.2) is 12.8 Å². The monoisotopic (exact) mass is 466 g/mol. The quantitative estimate of drug-likeness (QED) is 0.356. The second-order valence-electron chi connectivity index (χ2n) is 7.50. The second kappa shape index (κ2) is 9.46. The van der Waals surface area contributed by atoms with Gasteiger partial charge in [-0.3, -0.25) is 0 Å². The van der Waals surface area contributed by atoms with Crippen molar-refractivity contribution in [3.05, 3.63) is 89.7 Å². The molecule has 1 aromatic heterocycles. The highest BCUT2D eigenvalue weighted by Gasteiger charge is 2.28. The summed E-state index contributed by atoms with van der Waals surface area (Å²) >= 11 is 0. The second-order valence-corrected chi connectivity index (χ2v) is 9.37. The van der Waals surface area contributed by atoms with Crippen LogP contribution in [0.1, 0.15) is 11.1 Å². The van der Waals surface area contributed by atoms with Crippen molar-refractivity contribution in [1.29, 1.82) is 0 Å². The lowest BCUT2D eigenvalue weighted by Crippen LogP contribution is -2.10. The summed E-state index contributed by atoms with van der Waals surface area (Å²) in [4.78, 5) is 4.25. The largest absolute Gasteiger partial charge is 0.497 e. The van der Waals surface area contributed by atoms with Crippen molar-refractivity contribution >= 4 is 15.7 Å². The number of nitrogens with zero attached hydrogens (tertiary/aromatic N) is 1. The molecule has 0 amide bonds. The van der Waals surface area contributed by atoms with E-state index in [1.807, 2.05) is 49.4 Å². The fraction of sp³-hybridized carbons (Fsp3) is 0.160. The van der Waals surface area contributed by atoms with Crippen molar-refractivity contribution in [1.82, 2.24) is 4.98 Å². The third kappa shape index (κ3) is 5.06. The lowest BCUT2D eigenvalue weighted by molar-refractivity contribution is 0.414. The van der Waals surface area contributed by atoms with Gasteiger partial charge in [0.1, 0.15) is 11.6 Å². The molecule has 170 valence electrons. The van der Waals surface area contributed by atoms with Crippen LogP contribution in [0.25, 0.3) is 11.5 Å². The lowest BCUT2D eigenvalue weighted by atomic mass is 10.1. The minimum Gasteiger partial charge on any atom is -0.497 e. The molecule has 0 aliphatic rings. The molecule has 1 heterocycles. The molecule has 0 radical (unpaired) electrons. The zero-order valence-electron chi connectivity index (χ0n) is 18.2. The van der Waals surface area contributed by atoms with Crippen molar-refractivity contribution in [3.63, 3.8) is 0 Å². The number of halogens is 1. The molecule has 8 heteroatoms. The van der Waals surface area contributed by atoms with Crippen LogP contribution in [-0.4, -0.2) is 27.1 Å². The number of hydrogen-bond donors (Lipinski definition) is 1. The Bertz CT molecular complexity index is 1350. The number of methoxy groups -OCH3 is 1. The summed E-state index contributed by atoms with van der Waals surface area (Å²) in [7, 11) is -2.43. The van der Waals surface area contributed by atoms with Gasteiger partial charge in [-0.05, 0) is 67.4 Å².